The van der Waals surface area contributed by atoms with Crippen molar-refractivity contribution in [2.75, 3.05) is 0 Å². The van der Waals surface area contributed by atoms with Gasteiger partial charge in [0, 0.05) is 29.0 Å². The number of aromatic nitrogens is 4. The van der Waals surface area contributed by atoms with Gasteiger partial charge in [-0.05, 0) is 35.9 Å². The molecule has 0 saturated heterocycles. The van der Waals surface area contributed by atoms with Crippen molar-refractivity contribution in [3.63, 3.8) is 0 Å². The Kier molecular flexibility index (Phi) is 3.63. The van der Waals surface area contributed by atoms with E-state index in [1.165, 1.54) is 5.56 Å². The number of nitrogens with one attached hydrogen (secondary N) is 1. The van der Waals surface area contributed by atoms with E-state index in [-0.39, 0.29) is 0 Å². The van der Waals surface area contributed by atoms with E-state index in [2.05, 4.69) is 48.0 Å². The average Bonchev–Trinajstić information content (AvgIpc) is 3.03. The molecular formula is C18H13BrN4. The molecule has 1 aromatic heterocycles. The Balaban J connectivity index is 1.73. The molecule has 1 aromatic carbocycles. The van der Waals surface area contributed by atoms with Gasteiger partial charge in [0.1, 0.15) is 11.4 Å². The van der Waals surface area contributed by atoms with Gasteiger partial charge in [0.2, 0.25) is 0 Å². The topological polar surface area (TPSA) is 54.5 Å². The smallest absolute Gasteiger partial charge is 0.179 e. The highest BCUT2D eigenvalue weighted by Gasteiger charge is 2.17. The number of hydrogen-bond donors (Lipinski definition) is 1. The summed E-state index contributed by atoms with van der Waals surface area (Å²) in [6.07, 6.45) is 4.45. The number of rotatable bonds is 3. The van der Waals surface area contributed by atoms with Crippen LogP contribution in [0.3, 0.4) is 0 Å². The molecule has 112 valence electrons. The standard InChI is InChI=1S/C18H13BrN4/c19-13-6-4-12(5-7-13)11-16-17-14(8-10-21-16)22-18(23-17)15-3-1-2-9-20-15/h1-10,21H,11H2. The average molecular weight is 365 g/mol. The van der Waals surface area contributed by atoms with Gasteiger partial charge in [-0.25, -0.2) is 9.97 Å². The lowest BCUT2D eigenvalue weighted by molar-refractivity contribution is 1.06. The third-order valence-corrected chi connectivity index (χ3v) is 4.19. The van der Waals surface area contributed by atoms with Crippen molar-refractivity contribution >= 4 is 15.9 Å². The summed E-state index contributed by atoms with van der Waals surface area (Å²) in [6, 6.07) is 16.0. The van der Waals surface area contributed by atoms with Crippen LogP contribution in [-0.2, 0) is 6.42 Å². The van der Waals surface area contributed by atoms with Crippen LogP contribution in [0.5, 0.6) is 0 Å². The minimum absolute atomic E-state index is 0.664. The largest absolute Gasteiger partial charge is 0.363 e. The van der Waals surface area contributed by atoms with Crippen LogP contribution in [0.1, 0.15) is 11.3 Å². The van der Waals surface area contributed by atoms with Crippen LogP contribution < -0.4 is 0 Å². The fourth-order valence-corrected chi connectivity index (χ4v) is 2.80. The second kappa shape index (κ2) is 5.93. The lowest BCUT2D eigenvalue weighted by Crippen LogP contribution is -1.96. The van der Waals surface area contributed by atoms with E-state index in [9.17, 15) is 0 Å². The molecular weight excluding hydrogens is 352 g/mol. The van der Waals surface area contributed by atoms with E-state index < -0.39 is 0 Å². The first-order valence-electron chi connectivity index (χ1n) is 7.29. The highest BCUT2D eigenvalue weighted by Crippen LogP contribution is 2.27. The highest BCUT2D eigenvalue weighted by molar-refractivity contribution is 9.10. The van der Waals surface area contributed by atoms with Crippen molar-refractivity contribution < 1.29 is 0 Å². The predicted octanol–water partition coefficient (Wildman–Crippen LogP) is 4.32. The molecule has 0 radical (unpaired) electrons. The molecule has 4 rings (SSSR count). The number of pyridine rings is 2. The molecule has 2 aromatic rings. The summed E-state index contributed by atoms with van der Waals surface area (Å²) < 4.78 is 1.08. The highest BCUT2D eigenvalue weighted by atomic mass is 79.9. The van der Waals surface area contributed by atoms with Gasteiger partial charge in [0.15, 0.2) is 5.82 Å². The Morgan fingerprint density at radius 2 is 1.78 bits per heavy atom. The number of benzene rings is 1. The monoisotopic (exact) mass is 364 g/mol. The molecule has 5 heteroatoms. The van der Waals surface area contributed by atoms with E-state index in [4.69, 9.17) is 0 Å². The first-order chi connectivity index (χ1) is 11.3. The van der Waals surface area contributed by atoms with Crippen molar-refractivity contribution in [1.82, 2.24) is 19.9 Å². The summed E-state index contributed by atoms with van der Waals surface area (Å²) in [7, 11) is 0. The third kappa shape index (κ3) is 2.87. The molecule has 2 aliphatic rings. The number of H-pyrrole nitrogens is 1. The van der Waals surface area contributed by atoms with Gasteiger partial charge in [-0.3, -0.25) is 4.98 Å². The van der Waals surface area contributed by atoms with E-state index in [1.54, 1.807) is 6.20 Å². The maximum Gasteiger partial charge on any atom is 0.179 e. The number of nitrogens with zero attached hydrogens (tertiary/aromatic N) is 3. The van der Waals surface area contributed by atoms with Crippen molar-refractivity contribution in [2.24, 2.45) is 0 Å². The zero-order valence-electron chi connectivity index (χ0n) is 12.2. The lowest BCUT2D eigenvalue weighted by Gasteiger charge is -2.06. The van der Waals surface area contributed by atoms with E-state index >= 15 is 0 Å². The van der Waals surface area contributed by atoms with Crippen molar-refractivity contribution in [3.8, 4) is 22.9 Å². The molecule has 3 heterocycles. The molecule has 0 aliphatic carbocycles. The molecule has 0 saturated carbocycles. The summed E-state index contributed by atoms with van der Waals surface area (Å²) in [5.41, 5.74) is 4.85. The number of imidazole rings is 1. The van der Waals surface area contributed by atoms with Crippen LogP contribution in [0.4, 0.5) is 0 Å². The maximum absolute atomic E-state index is 4.68. The normalized spacial score (nSPS) is 11.0. The lowest BCUT2D eigenvalue weighted by atomic mass is 10.1. The maximum atomic E-state index is 4.68. The van der Waals surface area contributed by atoms with Crippen LogP contribution in [0.15, 0.2) is 65.4 Å². The number of aromatic amines is 1. The van der Waals surface area contributed by atoms with Crippen LogP contribution in [0.25, 0.3) is 22.9 Å². The Bertz CT molecular complexity index is 900. The van der Waals surface area contributed by atoms with Gasteiger partial charge >= 0.3 is 0 Å². The summed E-state index contributed by atoms with van der Waals surface area (Å²) in [5, 5.41) is 0. The second-order valence-corrected chi connectivity index (χ2v) is 6.17. The first-order valence-corrected chi connectivity index (χ1v) is 8.09. The predicted molar refractivity (Wildman–Crippen MR) is 93.2 cm³/mol. The Labute approximate surface area is 142 Å². The Hall–Kier alpha value is -2.53. The Morgan fingerprint density at radius 1 is 0.913 bits per heavy atom. The summed E-state index contributed by atoms with van der Waals surface area (Å²) in [5.74, 6) is 0.664. The molecule has 0 spiro atoms. The van der Waals surface area contributed by atoms with Gasteiger partial charge in [0.05, 0.1) is 5.69 Å². The zero-order chi connectivity index (χ0) is 15.6. The van der Waals surface area contributed by atoms with E-state index in [0.717, 1.165) is 33.7 Å². The SMILES string of the molecule is Brc1ccc(Cc2[nH]ccc3nc(-c4ccccn4)nc2-3)cc1. The molecule has 2 aliphatic heterocycles. The minimum Gasteiger partial charge on any atom is -0.363 e. The number of fused-ring (bicyclic) bond motifs is 1. The molecule has 0 fully saturated rings. The summed E-state index contributed by atoms with van der Waals surface area (Å²) in [6.45, 7) is 0. The zero-order valence-corrected chi connectivity index (χ0v) is 13.8. The molecule has 0 atom stereocenters. The van der Waals surface area contributed by atoms with Crippen molar-refractivity contribution in [2.45, 2.75) is 6.42 Å². The molecule has 23 heavy (non-hydrogen) atoms. The van der Waals surface area contributed by atoms with Crippen LogP contribution in [0, 0.1) is 0 Å². The summed E-state index contributed by atoms with van der Waals surface area (Å²) >= 11 is 3.46. The second-order valence-electron chi connectivity index (χ2n) is 5.26. The number of halogens is 1. The van der Waals surface area contributed by atoms with Gasteiger partial charge in [-0.2, -0.15) is 0 Å². The molecule has 0 bridgehead atoms. The quantitative estimate of drug-likeness (QED) is 0.588. The summed E-state index contributed by atoms with van der Waals surface area (Å²) in [4.78, 5) is 16.9. The molecule has 0 unspecified atom stereocenters. The van der Waals surface area contributed by atoms with Gasteiger partial charge in [0.25, 0.3) is 0 Å². The van der Waals surface area contributed by atoms with Crippen molar-refractivity contribution in [1.29, 1.82) is 0 Å². The van der Waals surface area contributed by atoms with Crippen LogP contribution in [-0.4, -0.2) is 19.9 Å². The van der Waals surface area contributed by atoms with Gasteiger partial charge in [-0.1, -0.05) is 34.1 Å². The fraction of sp³-hybridized carbons (Fsp3) is 0.0556. The number of hydrogen-bond acceptors (Lipinski definition) is 3. The molecule has 4 nitrogen and oxygen atoms in total. The van der Waals surface area contributed by atoms with Crippen molar-refractivity contribution in [3.05, 3.63) is 76.7 Å². The Morgan fingerprint density at radius 3 is 2.57 bits per heavy atom. The fourth-order valence-electron chi connectivity index (χ4n) is 2.53. The molecule has 0 amide bonds. The minimum atomic E-state index is 0.664. The third-order valence-electron chi connectivity index (χ3n) is 3.66. The van der Waals surface area contributed by atoms with E-state index in [0.29, 0.717) is 5.82 Å². The van der Waals surface area contributed by atoms with Gasteiger partial charge in [-0.15, -0.1) is 0 Å². The van der Waals surface area contributed by atoms with Crippen LogP contribution in [0.2, 0.25) is 0 Å². The van der Waals surface area contributed by atoms with Gasteiger partial charge < -0.3 is 4.98 Å². The first kappa shape index (κ1) is 14.1. The van der Waals surface area contributed by atoms with E-state index in [1.807, 2.05) is 42.6 Å². The van der Waals surface area contributed by atoms with Crippen LogP contribution >= 0.6 is 15.9 Å². The molecule has 1 N–H and O–H groups in total.